The van der Waals surface area contributed by atoms with E-state index in [2.05, 4.69) is 4.74 Å². The number of nitrogens with zero attached hydrogens (tertiary/aromatic N) is 1. The highest BCUT2D eigenvalue weighted by atomic mass is 16.5. The summed E-state index contributed by atoms with van der Waals surface area (Å²) in [4.78, 5) is 37.8. The van der Waals surface area contributed by atoms with Gasteiger partial charge in [0, 0.05) is 0 Å². The molecule has 2 fully saturated rings. The molecule has 2 saturated heterocycles. The average Bonchev–Trinajstić information content (AvgIpc) is 3.21. The van der Waals surface area contributed by atoms with Gasteiger partial charge in [0.05, 0.1) is 42.4 Å². The van der Waals surface area contributed by atoms with Crippen molar-refractivity contribution in [3.63, 3.8) is 0 Å². The minimum absolute atomic E-state index is 0.238. The van der Waals surface area contributed by atoms with E-state index in [0.29, 0.717) is 11.3 Å². The predicted molar refractivity (Wildman–Crippen MR) is 75.1 cm³/mol. The first kappa shape index (κ1) is 13.2. The molecule has 6 heteroatoms. The molecule has 0 radical (unpaired) electrons. The third-order valence-corrected chi connectivity index (χ3v) is 4.46. The Morgan fingerprint density at radius 1 is 1.05 bits per heavy atom. The van der Waals surface area contributed by atoms with Crippen molar-refractivity contribution in [1.29, 1.82) is 0 Å². The van der Waals surface area contributed by atoms with Gasteiger partial charge in [-0.3, -0.25) is 9.59 Å². The number of imide groups is 1. The number of hydrogen-bond donors (Lipinski definition) is 0. The maximum Gasteiger partial charge on any atom is 0.337 e. The third kappa shape index (κ3) is 1.61. The lowest BCUT2D eigenvalue weighted by atomic mass is 9.85. The van der Waals surface area contributed by atoms with E-state index in [1.165, 1.54) is 12.0 Å². The molecule has 3 aliphatic rings. The summed E-state index contributed by atoms with van der Waals surface area (Å²) in [6.07, 6.45) is 3.10. The summed E-state index contributed by atoms with van der Waals surface area (Å²) in [6, 6.07) is 6.25. The molecule has 3 heterocycles. The zero-order valence-electron chi connectivity index (χ0n) is 11.8. The van der Waals surface area contributed by atoms with Crippen LogP contribution >= 0.6 is 0 Å². The van der Waals surface area contributed by atoms with Gasteiger partial charge in [-0.2, -0.15) is 0 Å². The number of rotatable bonds is 2. The molecule has 0 N–H and O–H groups in total. The average molecular weight is 299 g/mol. The van der Waals surface area contributed by atoms with Crippen LogP contribution in [-0.2, 0) is 19.1 Å². The van der Waals surface area contributed by atoms with Gasteiger partial charge >= 0.3 is 5.97 Å². The van der Waals surface area contributed by atoms with E-state index in [-0.39, 0.29) is 24.0 Å². The van der Waals surface area contributed by atoms with E-state index in [1.807, 2.05) is 12.2 Å². The van der Waals surface area contributed by atoms with Crippen LogP contribution in [0.4, 0.5) is 5.69 Å². The van der Waals surface area contributed by atoms with Crippen LogP contribution < -0.4 is 4.90 Å². The van der Waals surface area contributed by atoms with E-state index in [4.69, 9.17) is 4.74 Å². The van der Waals surface area contributed by atoms with Crippen molar-refractivity contribution in [2.45, 2.75) is 12.2 Å². The molecule has 6 nitrogen and oxygen atoms in total. The van der Waals surface area contributed by atoms with E-state index in [1.54, 1.807) is 24.3 Å². The first-order valence-corrected chi connectivity index (χ1v) is 7.02. The van der Waals surface area contributed by atoms with E-state index in [9.17, 15) is 14.4 Å². The van der Waals surface area contributed by atoms with Crippen molar-refractivity contribution in [2.75, 3.05) is 12.0 Å². The molecule has 1 aromatic rings. The number of carbonyl (C=O) groups excluding carboxylic acids is 3. The van der Waals surface area contributed by atoms with Gasteiger partial charge in [-0.15, -0.1) is 0 Å². The molecule has 1 aromatic carbocycles. The van der Waals surface area contributed by atoms with Crippen LogP contribution in [0.2, 0.25) is 0 Å². The lowest BCUT2D eigenvalue weighted by molar-refractivity contribution is -0.124. The van der Waals surface area contributed by atoms with Crippen LogP contribution in [0.1, 0.15) is 10.4 Å². The standard InChI is InChI=1S/C16H13NO5/c1-21-16(20)8-2-4-9(5-3-8)17-14(18)12-10-6-7-11(22-10)13(12)15(17)19/h2-7,10-13H,1H3/t10-,11+,12-,13-/m0/s1. The fourth-order valence-electron chi connectivity index (χ4n) is 3.42. The third-order valence-electron chi connectivity index (χ3n) is 4.46. The number of esters is 1. The van der Waals surface area contributed by atoms with Gasteiger partial charge in [-0.05, 0) is 24.3 Å². The minimum Gasteiger partial charge on any atom is -0.465 e. The van der Waals surface area contributed by atoms with Crippen molar-refractivity contribution < 1.29 is 23.9 Å². The fourth-order valence-corrected chi connectivity index (χ4v) is 3.42. The number of methoxy groups -OCH3 is 1. The highest BCUT2D eigenvalue weighted by Gasteiger charge is 2.60. The van der Waals surface area contributed by atoms with Crippen LogP contribution in [0, 0.1) is 11.8 Å². The molecule has 0 aliphatic carbocycles. The summed E-state index contributed by atoms with van der Waals surface area (Å²) in [5, 5.41) is 0. The van der Waals surface area contributed by atoms with Crippen LogP contribution in [-0.4, -0.2) is 37.1 Å². The summed E-state index contributed by atoms with van der Waals surface area (Å²) in [5.41, 5.74) is 0.840. The SMILES string of the molecule is COC(=O)c1ccc(N2C(=O)[C@@H]3[C@@H](C2=O)[C@H]2C=C[C@@H]3O2)cc1. The maximum absolute atomic E-state index is 12.6. The summed E-state index contributed by atoms with van der Waals surface area (Å²) in [5.74, 6) is -1.79. The first-order chi connectivity index (χ1) is 10.6. The van der Waals surface area contributed by atoms with Crippen molar-refractivity contribution >= 4 is 23.5 Å². The molecular weight excluding hydrogens is 286 g/mol. The van der Waals surface area contributed by atoms with Gasteiger partial charge in [0.1, 0.15) is 0 Å². The Balaban J connectivity index is 1.65. The summed E-state index contributed by atoms with van der Waals surface area (Å²) < 4.78 is 10.2. The molecule has 2 bridgehead atoms. The smallest absolute Gasteiger partial charge is 0.337 e. The van der Waals surface area contributed by atoms with Gasteiger partial charge in [-0.25, -0.2) is 9.69 Å². The Hall–Kier alpha value is -2.47. The number of benzene rings is 1. The highest BCUT2D eigenvalue weighted by Crippen LogP contribution is 2.46. The maximum atomic E-state index is 12.6. The van der Waals surface area contributed by atoms with E-state index < -0.39 is 17.8 Å². The summed E-state index contributed by atoms with van der Waals surface area (Å²) >= 11 is 0. The molecular formula is C16H13NO5. The van der Waals surface area contributed by atoms with Gasteiger partial charge in [0.25, 0.3) is 0 Å². The first-order valence-electron chi connectivity index (χ1n) is 7.02. The number of ether oxygens (including phenoxy) is 2. The molecule has 112 valence electrons. The van der Waals surface area contributed by atoms with Crippen LogP contribution in [0.3, 0.4) is 0 Å². The lowest BCUT2D eigenvalue weighted by Crippen LogP contribution is -2.34. The minimum atomic E-state index is -0.460. The number of amides is 2. The molecule has 22 heavy (non-hydrogen) atoms. The summed E-state index contributed by atoms with van der Waals surface area (Å²) in [6.45, 7) is 0. The fraction of sp³-hybridized carbons (Fsp3) is 0.312. The topological polar surface area (TPSA) is 72.9 Å². The second kappa shape index (κ2) is 4.51. The van der Waals surface area contributed by atoms with Crippen LogP contribution in [0.25, 0.3) is 0 Å². The predicted octanol–water partition coefficient (Wildman–Crippen LogP) is 0.916. The Bertz CT molecular complexity index is 678. The molecule has 3 aliphatic heterocycles. The lowest BCUT2D eigenvalue weighted by Gasteiger charge is -2.17. The van der Waals surface area contributed by atoms with Gasteiger partial charge in [-0.1, -0.05) is 12.2 Å². The largest absolute Gasteiger partial charge is 0.465 e. The zero-order valence-corrected chi connectivity index (χ0v) is 11.8. The Morgan fingerprint density at radius 2 is 1.59 bits per heavy atom. The second-order valence-electron chi connectivity index (χ2n) is 5.55. The number of hydrogen-bond acceptors (Lipinski definition) is 5. The van der Waals surface area contributed by atoms with Crippen molar-refractivity contribution in [3.05, 3.63) is 42.0 Å². The molecule has 0 spiro atoms. The molecule has 0 unspecified atom stereocenters. The Kier molecular flexibility index (Phi) is 2.71. The van der Waals surface area contributed by atoms with E-state index in [0.717, 1.165) is 0 Å². The molecule has 4 atom stereocenters. The highest BCUT2D eigenvalue weighted by molar-refractivity contribution is 6.23. The zero-order chi connectivity index (χ0) is 15.4. The molecule has 4 rings (SSSR count). The molecule has 2 amide bonds. The summed E-state index contributed by atoms with van der Waals surface area (Å²) in [7, 11) is 1.30. The number of carbonyl (C=O) groups is 3. The van der Waals surface area contributed by atoms with Gasteiger partial charge in [0.2, 0.25) is 11.8 Å². The van der Waals surface area contributed by atoms with Crippen molar-refractivity contribution in [2.24, 2.45) is 11.8 Å². The van der Waals surface area contributed by atoms with Gasteiger partial charge < -0.3 is 9.47 Å². The second-order valence-corrected chi connectivity index (χ2v) is 5.55. The Labute approximate surface area is 126 Å². The number of anilines is 1. The monoisotopic (exact) mass is 299 g/mol. The van der Waals surface area contributed by atoms with Crippen molar-refractivity contribution in [1.82, 2.24) is 0 Å². The van der Waals surface area contributed by atoms with Crippen LogP contribution in [0.5, 0.6) is 0 Å². The van der Waals surface area contributed by atoms with Crippen LogP contribution in [0.15, 0.2) is 36.4 Å². The van der Waals surface area contributed by atoms with E-state index >= 15 is 0 Å². The van der Waals surface area contributed by atoms with Crippen molar-refractivity contribution in [3.8, 4) is 0 Å². The normalized spacial score (nSPS) is 31.8. The Morgan fingerprint density at radius 3 is 2.09 bits per heavy atom. The quantitative estimate of drug-likeness (QED) is 0.461. The molecule has 0 saturated carbocycles. The number of fused-ring (bicyclic) bond motifs is 5. The van der Waals surface area contributed by atoms with Gasteiger partial charge in [0.15, 0.2) is 0 Å². The molecule has 0 aromatic heterocycles.